The standard InChI is InChI=1S/C31H26N2S/c1-21(2)18-22-12-17-30-26(19-22)27(20-34-30)31-32-28-10-6-7-11-29(28)33(31)25-15-13-24(14-16-25)23-8-4-3-5-9-23/h3-17,19-21H,18H2,1-2H3. The first-order chi connectivity index (χ1) is 16.7. The molecule has 0 aliphatic carbocycles. The maximum absolute atomic E-state index is 5.12. The summed E-state index contributed by atoms with van der Waals surface area (Å²) in [5.41, 5.74) is 8.30. The lowest BCUT2D eigenvalue weighted by atomic mass is 10.0. The normalized spacial score (nSPS) is 11.6. The molecule has 0 atom stereocenters. The van der Waals surface area contributed by atoms with Crippen LogP contribution < -0.4 is 0 Å². The summed E-state index contributed by atoms with van der Waals surface area (Å²) in [5, 5.41) is 3.56. The van der Waals surface area contributed by atoms with Crippen molar-refractivity contribution in [2.75, 3.05) is 0 Å². The highest BCUT2D eigenvalue weighted by Crippen LogP contribution is 2.37. The summed E-state index contributed by atoms with van der Waals surface area (Å²) in [6, 6.07) is 34.7. The van der Waals surface area contributed by atoms with Crippen molar-refractivity contribution in [3.63, 3.8) is 0 Å². The van der Waals surface area contributed by atoms with E-state index < -0.39 is 0 Å². The Labute approximate surface area is 204 Å². The Morgan fingerprint density at radius 3 is 2.32 bits per heavy atom. The van der Waals surface area contributed by atoms with Crippen molar-refractivity contribution < 1.29 is 0 Å². The zero-order valence-electron chi connectivity index (χ0n) is 19.4. The number of fused-ring (bicyclic) bond motifs is 2. The van der Waals surface area contributed by atoms with E-state index in [2.05, 4.69) is 121 Å². The minimum absolute atomic E-state index is 0.632. The zero-order chi connectivity index (χ0) is 23.1. The van der Waals surface area contributed by atoms with Crippen LogP contribution >= 0.6 is 11.3 Å². The zero-order valence-corrected chi connectivity index (χ0v) is 20.2. The fraction of sp³-hybridized carbons (Fsp3) is 0.129. The van der Waals surface area contributed by atoms with Gasteiger partial charge >= 0.3 is 0 Å². The molecule has 0 aliphatic rings. The Balaban J connectivity index is 1.53. The van der Waals surface area contributed by atoms with Crippen LogP contribution in [-0.4, -0.2) is 9.55 Å². The molecule has 0 saturated heterocycles. The Hall–Kier alpha value is -3.69. The van der Waals surface area contributed by atoms with Crippen LogP contribution in [0.4, 0.5) is 0 Å². The molecule has 0 fully saturated rings. The second-order valence-electron chi connectivity index (χ2n) is 9.25. The molecular weight excluding hydrogens is 432 g/mol. The highest BCUT2D eigenvalue weighted by molar-refractivity contribution is 7.17. The fourth-order valence-electron chi connectivity index (χ4n) is 4.75. The molecule has 0 aliphatic heterocycles. The van der Waals surface area contributed by atoms with Crippen molar-refractivity contribution in [3.05, 3.63) is 108 Å². The SMILES string of the molecule is CC(C)Cc1ccc2scc(-c3nc4ccccc4n3-c3ccc(-c4ccccc4)cc3)c2c1. The van der Waals surface area contributed by atoms with Gasteiger partial charge in [0.05, 0.1) is 11.0 Å². The lowest BCUT2D eigenvalue weighted by Gasteiger charge is -2.11. The Morgan fingerprint density at radius 2 is 1.53 bits per heavy atom. The maximum atomic E-state index is 5.12. The second kappa shape index (κ2) is 8.58. The average molecular weight is 459 g/mol. The van der Waals surface area contributed by atoms with Crippen molar-refractivity contribution in [2.45, 2.75) is 20.3 Å². The summed E-state index contributed by atoms with van der Waals surface area (Å²) < 4.78 is 3.61. The van der Waals surface area contributed by atoms with Crippen LogP contribution in [0.5, 0.6) is 0 Å². The van der Waals surface area contributed by atoms with Crippen molar-refractivity contribution in [1.29, 1.82) is 0 Å². The van der Waals surface area contributed by atoms with E-state index in [1.807, 2.05) is 0 Å². The van der Waals surface area contributed by atoms with Gasteiger partial charge in [-0.1, -0.05) is 74.5 Å². The lowest BCUT2D eigenvalue weighted by Crippen LogP contribution is -1.97. The van der Waals surface area contributed by atoms with Crippen LogP contribution in [0.1, 0.15) is 19.4 Å². The van der Waals surface area contributed by atoms with Gasteiger partial charge in [-0.3, -0.25) is 4.57 Å². The predicted molar refractivity (Wildman–Crippen MR) is 146 cm³/mol. The van der Waals surface area contributed by atoms with Gasteiger partial charge in [-0.2, -0.15) is 0 Å². The van der Waals surface area contributed by atoms with Crippen LogP contribution in [0.15, 0.2) is 102 Å². The van der Waals surface area contributed by atoms with Gasteiger partial charge in [-0.25, -0.2) is 4.98 Å². The number of thiophene rings is 1. The van der Waals surface area contributed by atoms with Gasteiger partial charge in [0.15, 0.2) is 0 Å². The number of para-hydroxylation sites is 2. The number of benzene rings is 4. The molecule has 6 rings (SSSR count). The van der Waals surface area contributed by atoms with E-state index in [9.17, 15) is 0 Å². The molecule has 4 aromatic carbocycles. The summed E-state index contributed by atoms with van der Waals surface area (Å²) in [6.07, 6.45) is 1.09. The van der Waals surface area contributed by atoms with Gasteiger partial charge in [0.25, 0.3) is 0 Å². The van der Waals surface area contributed by atoms with Crippen LogP contribution in [-0.2, 0) is 6.42 Å². The number of aromatic nitrogens is 2. The van der Waals surface area contributed by atoms with Gasteiger partial charge in [-0.05, 0) is 65.4 Å². The molecule has 0 spiro atoms. The number of nitrogens with zero attached hydrogens (tertiary/aromatic N) is 2. The second-order valence-corrected chi connectivity index (χ2v) is 10.2. The van der Waals surface area contributed by atoms with Gasteiger partial charge in [-0.15, -0.1) is 11.3 Å². The first-order valence-electron chi connectivity index (χ1n) is 11.8. The number of rotatable bonds is 5. The molecule has 2 heterocycles. The van der Waals surface area contributed by atoms with E-state index in [0.29, 0.717) is 5.92 Å². The Kier molecular flexibility index (Phi) is 5.27. The van der Waals surface area contributed by atoms with Gasteiger partial charge in [0.2, 0.25) is 0 Å². The third-order valence-corrected chi connectivity index (χ3v) is 7.28. The van der Waals surface area contributed by atoms with Crippen molar-refractivity contribution in [1.82, 2.24) is 9.55 Å². The maximum Gasteiger partial charge on any atom is 0.147 e. The highest BCUT2D eigenvalue weighted by Gasteiger charge is 2.18. The van der Waals surface area contributed by atoms with E-state index in [1.54, 1.807) is 11.3 Å². The molecule has 2 nitrogen and oxygen atoms in total. The third-order valence-electron chi connectivity index (χ3n) is 6.32. The van der Waals surface area contributed by atoms with E-state index >= 15 is 0 Å². The molecule has 0 saturated carbocycles. The minimum Gasteiger partial charge on any atom is -0.292 e. The fourth-order valence-corrected chi connectivity index (χ4v) is 5.67. The van der Waals surface area contributed by atoms with E-state index in [-0.39, 0.29) is 0 Å². The summed E-state index contributed by atoms with van der Waals surface area (Å²) in [7, 11) is 0. The van der Waals surface area contributed by atoms with E-state index in [0.717, 1.165) is 29.0 Å². The first kappa shape index (κ1) is 20.9. The summed E-state index contributed by atoms with van der Waals surface area (Å²) in [6.45, 7) is 4.55. The summed E-state index contributed by atoms with van der Waals surface area (Å²) >= 11 is 1.80. The average Bonchev–Trinajstić information content (AvgIpc) is 3.45. The van der Waals surface area contributed by atoms with Crippen LogP contribution in [0.2, 0.25) is 0 Å². The van der Waals surface area contributed by atoms with Crippen molar-refractivity contribution in [3.8, 4) is 28.2 Å². The largest absolute Gasteiger partial charge is 0.292 e. The third kappa shape index (κ3) is 3.72. The number of hydrogen-bond acceptors (Lipinski definition) is 2. The number of imidazole rings is 1. The molecule has 0 N–H and O–H groups in total. The van der Waals surface area contributed by atoms with Crippen molar-refractivity contribution in [2.24, 2.45) is 5.92 Å². The molecular formula is C31H26N2S. The molecule has 0 amide bonds. The minimum atomic E-state index is 0.632. The molecule has 6 aromatic rings. The predicted octanol–water partition coefficient (Wildman–Crippen LogP) is 8.77. The lowest BCUT2D eigenvalue weighted by molar-refractivity contribution is 0.648. The molecule has 0 unspecified atom stereocenters. The Morgan fingerprint density at radius 1 is 0.794 bits per heavy atom. The van der Waals surface area contributed by atoms with Crippen LogP contribution in [0, 0.1) is 5.92 Å². The summed E-state index contributed by atoms with van der Waals surface area (Å²) in [5.74, 6) is 1.63. The van der Waals surface area contributed by atoms with Crippen LogP contribution in [0.3, 0.4) is 0 Å². The number of hydrogen-bond donors (Lipinski definition) is 0. The van der Waals surface area contributed by atoms with Crippen molar-refractivity contribution >= 4 is 32.5 Å². The van der Waals surface area contributed by atoms with E-state index in [4.69, 9.17) is 4.98 Å². The van der Waals surface area contributed by atoms with E-state index in [1.165, 1.54) is 32.3 Å². The molecule has 2 aromatic heterocycles. The molecule has 0 bridgehead atoms. The summed E-state index contributed by atoms with van der Waals surface area (Å²) in [4.78, 5) is 5.12. The molecule has 0 radical (unpaired) electrons. The van der Waals surface area contributed by atoms with Gasteiger partial charge in [0.1, 0.15) is 5.82 Å². The highest BCUT2D eigenvalue weighted by atomic mass is 32.1. The molecule has 3 heteroatoms. The molecule has 166 valence electrons. The topological polar surface area (TPSA) is 17.8 Å². The van der Waals surface area contributed by atoms with Gasteiger partial charge in [0, 0.05) is 26.7 Å². The van der Waals surface area contributed by atoms with Gasteiger partial charge < -0.3 is 0 Å². The quantitative estimate of drug-likeness (QED) is 0.252. The molecule has 34 heavy (non-hydrogen) atoms. The monoisotopic (exact) mass is 458 g/mol. The van der Waals surface area contributed by atoms with Crippen LogP contribution in [0.25, 0.3) is 49.3 Å². The smallest absolute Gasteiger partial charge is 0.147 e. The Bertz CT molecular complexity index is 1590. The first-order valence-corrected chi connectivity index (χ1v) is 12.7.